The molecule has 0 fully saturated rings. The van der Waals surface area contributed by atoms with Gasteiger partial charge in [0.05, 0.1) is 4.47 Å². The average molecular weight is 397 g/mol. The fourth-order valence-electron chi connectivity index (χ4n) is 2.17. The summed E-state index contributed by atoms with van der Waals surface area (Å²) >= 11 is 2.83. The quantitative estimate of drug-likeness (QED) is 0.364. The minimum Gasteiger partial charge on any atom is -0.454 e. The van der Waals surface area contributed by atoms with Gasteiger partial charge in [-0.1, -0.05) is 18.2 Å². The molecule has 0 aliphatic rings. The van der Waals surface area contributed by atoms with Crippen LogP contribution in [-0.2, 0) is 0 Å². The van der Waals surface area contributed by atoms with Crippen LogP contribution >= 0.6 is 15.9 Å². The SMILES string of the molecule is Fc1c(Br)ccc(-c2ccc(Oc3ccccc3)c(F)c2F)c1F. The summed E-state index contributed by atoms with van der Waals surface area (Å²) in [7, 11) is 0. The molecule has 122 valence electrons. The van der Waals surface area contributed by atoms with E-state index < -0.39 is 28.8 Å². The Labute approximate surface area is 143 Å². The highest BCUT2D eigenvalue weighted by molar-refractivity contribution is 9.10. The predicted molar refractivity (Wildman–Crippen MR) is 85.9 cm³/mol. The predicted octanol–water partition coefficient (Wildman–Crippen LogP) is 6.46. The van der Waals surface area contributed by atoms with E-state index >= 15 is 0 Å². The molecule has 24 heavy (non-hydrogen) atoms. The molecule has 0 aromatic heterocycles. The number of benzene rings is 3. The third-order valence-electron chi connectivity index (χ3n) is 3.34. The monoisotopic (exact) mass is 396 g/mol. The van der Waals surface area contributed by atoms with E-state index in [4.69, 9.17) is 4.74 Å². The Hall–Kier alpha value is -2.34. The van der Waals surface area contributed by atoms with Gasteiger partial charge in [-0.25, -0.2) is 13.2 Å². The second-order valence-corrected chi connectivity index (χ2v) is 5.73. The van der Waals surface area contributed by atoms with E-state index in [0.29, 0.717) is 5.75 Å². The number of hydrogen-bond acceptors (Lipinski definition) is 1. The Kier molecular flexibility index (Phi) is 4.57. The minimum atomic E-state index is -1.32. The topological polar surface area (TPSA) is 9.23 Å². The zero-order valence-corrected chi connectivity index (χ0v) is 13.6. The molecular weight excluding hydrogens is 388 g/mol. The van der Waals surface area contributed by atoms with Crippen molar-refractivity contribution in [2.45, 2.75) is 0 Å². The normalized spacial score (nSPS) is 10.7. The first-order valence-corrected chi connectivity index (χ1v) is 7.63. The molecule has 3 rings (SSSR count). The molecule has 0 heterocycles. The van der Waals surface area contributed by atoms with Crippen molar-refractivity contribution in [3.8, 4) is 22.6 Å². The smallest absolute Gasteiger partial charge is 0.201 e. The Morgan fingerprint density at radius 2 is 1.21 bits per heavy atom. The number of hydrogen-bond donors (Lipinski definition) is 0. The lowest BCUT2D eigenvalue weighted by Crippen LogP contribution is -1.98. The van der Waals surface area contributed by atoms with E-state index in [-0.39, 0.29) is 15.8 Å². The van der Waals surface area contributed by atoms with Crippen molar-refractivity contribution in [3.63, 3.8) is 0 Å². The molecule has 6 heteroatoms. The highest BCUT2D eigenvalue weighted by Gasteiger charge is 2.21. The molecule has 0 spiro atoms. The van der Waals surface area contributed by atoms with Gasteiger partial charge >= 0.3 is 0 Å². The lowest BCUT2D eigenvalue weighted by atomic mass is 10.0. The fourth-order valence-corrected chi connectivity index (χ4v) is 2.47. The van der Waals surface area contributed by atoms with Crippen LogP contribution in [0.3, 0.4) is 0 Å². The molecule has 0 amide bonds. The standard InChI is InChI=1S/C18H9BrF4O/c19-13-8-6-11(15(20)17(13)22)12-7-9-14(18(23)16(12)21)24-10-4-2-1-3-5-10/h1-9H. The van der Waals surface area contributed by atoms with Crippen molar-refractivity contribution in [2.24, 2.45) is 0 Å². The third kappa shape index (κ3) is 3.01. The molecule has 3 aromatic carbocycles. The molecule has 0 aliphatic carbocycles. The van der Waals surface area contributed by atoms with E-state index in [1.165, 1.54) is 12.1 Å². The van der Waals surface area contributed by atoms with E-state index in [1.807, 2.05) is 0 Å². The molecule has 0 N–H and O–H groups in total. The number of halogens is 5. The molecule has 1 nitrogen and oxygen atoms in total. The first kappa shape index (κ1) is 16.5. The lowest BCUT2D eigenvalue weighted by molar-refractivity contribution is 0.416. The fraction of sp³-hybridized carbons (Fsp3) is 0. The number of para-hydroxylation sites is 1. The van der Waals surface area contributed by atoms with Crippen molar-refractivity contribution in [1.82, 2.24) is 0 Å². The Morgan fingerprint density at radius 3 is 1.88 bits per heavy atom. The molecule has 0 saturated heterocycles. The third-order valence-corrected chi connectivity index (χ3v) is 3.96. The molecule has 0 radical (unpaired) electrons. The summed E-state index contributed by atoms with van der Waals surface area (Å²) in [5.74, 6) is -5.05. The van der Waals surface area contributed by atoms with Gasteiger partial charge in [0.15, 0.2) is 23.2 Å². The van der Waals surface area contributed by atoms with E-state index in [9.17, 15) is 17.6 Å². The van der Waals surface area contributed by atoms with Gasteiger partial charge < -0.3 is 4.74 Å². The molecule has 0 atom stereocenters. The first-order chi connectivity index (χ1) is 11.5. The summed E-state index contributed by atoms with van der Waals surface area (Å²) < 4.78 is 61.3. The van der Waals surface area contributed by atoms with Gasteiger partial charge in [-0.3, -0.25) is 0 Å². The molecule has 0 bridgehead atoms. The van der Waals surface area contributed by atoms with Crippen LogP contribution in [0.25, 0.3) is 11.1 Å². The Morgan fingerprint density at radius 1 is 0.625 bits per heavy atom. The van der Waals surface area contributed by atoms with E-state index in [0.717, 1.165) is 12.1 Å². The van der Waals surface area contributed by atoms with Crippen molar-refractivity contribution < 1.29 is 22.3 Å². The van der Waals surface area contributed by atoms with Crippen LogP contribution in [0.15, 0.2) is 59.1 Å². The lowest BCUT2D eigenvalue weighted by Gasteiger charge is -2.11. The maximum atomic E-state index is 14.3. The van der Waals surface area contributed by atoms with Gasteiger partial charge in [-0.15, -0.1) is 0 Å². The van der Waals surface area contributed by atoms with Crippen LogP contribution in [-0.4, -0.2) is 0 Å². The van der Waals surface area contributed by atoms with E-state index in [1.54, 1.807) is 30.3 Å². The van der Waals surface area contributed by atoms with Crippen LogP contribution in [0.4, 0.5) is 17.6 Å². The van der Waals surface area contributed by atoms with Crippen molar-refractivity contribution in [3.05, 3.63) is 82.3 Å². The summed E-state index contributed by atoms with van der Waals surface area (Å²) in [6, 6.07) is 13.0. The van der Waals surface area contributed by atoms with Crippen molar-refractivity contribution >= 4 is 15.9 Å². The number of rotatable bonds is 3. The van der Waals surface area contributed by atoms with Gasteiger partial charge in [0.1, 0.15) is 5.75 Å². The van der Waals surface area contributed by atoms with Crippen molar-refractivity contribution in [2.75, 3.05) is 0 Å². The highest BCUT2D eigenvalue weighted by atomic mass is 79.9. The van der Waals surface area contributed by atoms with Crippen LogP contribution in [0.2, 0.25) is 0 Å². The van der Waals surface area contributed by atoms with Gasteiger partial charge in [0, 0.05) is 11.1 Å². The Balaban J connectivity index is 2.04. The van der Waals surface area contributed by atoms with Gasteiger partial charge in [-0.05, 0) is 52.3 Å². The minimum absolute atomic E-state index is 0.103. The van der Waals surface area contributed by atoms with Crippen LogP contribution in [0.1, 0.15) is 0 Å². The summed E-state index contributed by atoms with van der Waals surface area (Å²) in [6.07, 6.45) is 0. The van der Waals surface area contributed by atoms with Crippen molar-refractivity contribution in [1.29, 1.82) is 0 Å². The maximum absolute atomic E-state index is 14.3. The maximum Gasteiger partial charge on any atom is 0.201 e. The zero-order valence-electron chi connectivity index (χ0n) is 12.0. The van der Waals surface area contributed by atoms with Gasteiger partial charge in [0.25, 0.3) is 0 Å². The first-order valence-electron chi connectivity index (χ1n) is 6.84. The second kappa shape index (κ2) is 6.65. The largest absolute Gasteiger partial charge is 0.454 e. The highest BCUT2D eigenvalue weighted by Crippen LogP contribution is 2.35. The summed E-state index contributed by atoms with van der Waals surface area (Å²) in [5, 5.41) is 0. The zero-order chi connectivity index (χ0) is 17.3. The molecule has 3 aromatic rings. The molecular formula is C18H9BrF4O. The van der Waals surface area contributed by atoms with Crippen LogP contribution < -0.4 is 4.74 Å². The van der Waals surface area contributed by atoms with Gasteiger partial charge in [-0.2, -0.15) is 4.39 Å². The Bertz CT molecular complexity index is 897. The molecule has 0 unspecified atom stereocenters. The number of ether oxygens (including phenoxy) is 1. The van der Waals surface area contributed by atoms with Crippen LogP contribution in [0, 0.1) is 23.3 Å². The average Bonchev–Trinajstić information content (AvgIpc) is 2.59. The second-order valence-electron chi connectivity index (χ2n) is 4.88. The van der Waals surface area contributed by atoms with Gasteiger partial charge in [0.2, 0.25) is 5.82 Å². The molecule has 0 saturated carbocycles. The molecule has 0 aliphatic heterocycles. The summed E-state index contributed by atoms with van der Waals surface area (Å²) in [4.78, 5) is 0. The van der Waals surface area contributed by atoms with E-state index in [2.05, 4.69) is 15.9 Å². The summed E-state index contributed by atoms with van der Waals surface area (Å²) in [5.41, 5.74) is -0.768. The van der Waals surface area contributed by atoms with Crippen LogP contribution in [0.5, 0.6) is 11.5 Å². The summed E-state index contributed by atoms with van der Waals surface area (Å²) in [6.45, 7) is 0.